The number of carbonyl (C=O) groups excluding carboxylic acids is 1. The van der Waals surface area contributed by atoms with Crippen molar-refractivity contribution >= 4 is 29.1 Å². The quantitative estimate of drug-likeness (QED) is 0.232. The molecule has 1 unspecified atom stereocenters. The van der Waals surface area contributed by atoms with E-state index in [1.54, 1.807) is 18.2 Å². The number of carbonyl (C=O) groups is 1. The lowest BCUT2D eigenvalue weighted by atomic mass is 10.1. The summed E-state index contributed by atoms with van der Waals surface area (Å²) in [6.45, 7) is 6.21. The molecular weight excluding hydrogens is 587 g/mol. The van der Waals surface area contributed by atoms with Crippen LogP contribution < -0.4 is 14.5 Å². The second kappa shape index (κ2) is 12.8. The second-order valence-electron chi connectivity index (χ2n) is 11.1. The number of fused-ring (bicyclic) bond motifs is 1. The van der Waals surface area contributed by atoms with Gasteiger partial charge in [0.1, 0.15) is 18.6 Å². The van der Waals surface area contributed by atoms with Crippen molar-refractivity contribution in [3.8, 4) is 5.88 Å². The highest BCUT2D eigenvalue weighted by molar-refractivity contribution is 6.30. The van der Waals surface area contributed by atoms with Crippen molar-refractivity contribution in [3.63, 3.8) is 0 Å². The van der Waals surface area contributed by atoms with Gasteiger partial charge in [-0.1, -0.05) is 17.7 Å². The van der Waals surface area contributed by atoms with E-state index in [1.165, 1.54) is 13.2 Å². The van der Waals surface area contributed by atoms with Gasteiger partial charge in [0.25, 0.3) is 0 Å². The van der Waals surface area contributed by atoms with Gasteiger partial charge >= 0.3 is 5.97 Å². The highest BCUT2D eigenvalue weighted by Gasteiger charge is 2.38. The maximum absolute atomic E-state index is 14.1. The summed E-state index contributed by atoms with van der Waals surface area (Å²) < 4.78 is 28.9. The third-order valence-electron chi connectivity index (χ3n) is 8.51. The highest BCUT2D eigenvalue weighted by atomic mass is 35.5. The van der Waals surface area contributed by atoms with Gasteiger partial charge < -0.3 is 23.8 Å². The molecule has 2 aliphatic rings. The van der Waals surface area contributed by atoms with E-state index in [1.807, 2.05) is 35.5 Å². The van der Waals surface area contributed by atoms with Crippen molar-refractivity contribution in [3.05, 3.63) is 82.9 Å². The largest absolute Gasteiger partial charge is 0.472 e. The van der Waals surface area contributed by atoms with E-state index in [4.69, 9.17) is 26.1 Å². The summed E-state index contributed by atoms with van der Waals surface area (Å²) in [4.78, 5) is 28.4. The van der Waals surface area contributed by atoms with Gasteiger partial charge in [-0.15, -0.1) is 5.10 Å². The third kappa shape index (κ3) is 6.09. The molecule has 1 fully saturated rings. The van der Waals surface area contributed by atoms with E-state index in [9.17, 15) is 9.18 Å². The molecule has 1 saturated heterocycles. The molecule has 0 aliphatic carbocycles. The van der Waals surface area contributed by atoms with Gasteiger partial charge in [0.05, 0.1) is 37.4 Å². The number of pyridine rings is 1. The zero-order valence-electron chi connectivity index (χ0n) is 25.1. The molecule has 13 heteroatoms. The van der Waals surface area contributed by atoms with E-state index < -0.39 is 11.8 Å². The Bertz CT molecular complexity index is 1620. The molecule has 44 heavy (non-hydrogen) atoms. The van der Waals surface area contributed by atoms with Crippen LogP contribution >= 0.6 is 11.6 Å². The lowest BCUT2D eigenvalue weighted by Crippen LogP contribution is -2.51. The van der Waals surface area contributed by atoms with Crippen molar-refractivity contribution in [2.75, 3.05) is 43.6 Å². The van der Waals surface area contributed by atoms with E-state index in [-0.39, 0.29) is 24.5 Å². The van der Waals surface area contributed by atoms with Crippen LogP contribution in [0, 0.1) is 5.82 Å². The van der Waals surface area contributed by atoms with Gasteiger partial charge in [0, 0.05) is 62.3 Å². The molecule has 6 rings (SSSR count). The Balaban J connectivity index is 1.11. The fourth-order valence-electron chi connectivity index (χ4n) is 5.99. The minimum Gasteiger partial charge on any atom is -0.472 e. The van der Waals surface area contributed by atoms with Crippen LogP contribution in [0.3, 0.4) is 0 Å². The average molecular weight is 623 g/mol. The van der Waals surface area contributed by atoms with Crippen LogP contribution in [0.2, 0.25) is 5.02 Å². The number of hydrogen-bond donors (Lipinski definition) is 0. The number of aromatic nitrogens is 5. The maximum atomic E-state index is 14.1. The number of imidazole rings is 1. The first-order valence-corrected chi connectivity index (χ1v) is 15.1. The van der Waals surface area contributed by atoms with Crippen LogP contribution in [-0.2, 0) is 24.4 Å². The molecule has 0 bridgehead atoms. The second-order valence-corrected chi connectivity index (χ2v) is 11.5. The van der Waals surface area contributed by atoms with Crippen LogP contribution in [0.25, 0.3) is 0 Å². The first-order chi connectivity index (χ1) is 21.3. The smallest absolute Gasteiger partial charge is 0.356 e. The molecule has 0 spiro atoms. The Morgan fingerprint density at radius 2 is 1.98 bits per heavy atom. The zero-order chi connectivity index (χ0) is 30.8. The highest BCUT2D eigenvalue weighted by Crippen LogP contribution is 2.39. The molecule has 0 amide bonds. The Labute approximate surface area is 260 Å². The van der Waals surface area contributed by atoms with E-state index in [0.717, 1.165) is 56.2 Å². The minimum atomic E-state index is -0.455. The van der Waals surface area contributed by atoms with Crippen molar-refractivity contribution in [1.29, 1.82) is 0 Å². The zero-order valence-corrected chi connectivity index (χ0v) is 25.8. The average Bonchev–Trinajstić information content (AvgIpc) is 3.76. The molecule has 0 radical (unpaired) electrons. The molecule has 4 aromatic rings. The van der Waals surface area contributed by atoms with Crippen LogP contribution in [0.5, 0.6) is 5.88 Å². The van der Waals surface area contributed by atoms with Gasteiger partial charge in [-0.25, -0.2) is 19.2 Å². The minimum absolute atomic E-state index is 0.0140. The number of ether oxygens (including phenoxy) is 2. The molecule has 1 aromatic carbocycles. The molecule has 11 nitrogen and oxygen atoms in total. The Kier molecular flexibility index (Phi) is 8.72. The molecule has 0 N–H and O–H groups in total. The number of halogens is 2. The van der Waals surface area contributed by atoms with Crippen molar-refractivity contribution in [2.24, 2.45) is 0 Å². The van der Waals surface area contributed by atoms with Gasteiger partial charge in [-0.2, -0.15) is 0 Å². The van der Waals surface area contributed by atoms with Crippen LogP contribution in [0.4, 0.5) is 15.9 Å². The monoisotopic (exact) mass is 622 g/mol. The lowest BCUT2D eigenvalue weighted by Gasteiger charge is -2.38. The fourth-order valence-corrected chi connectivity index (χ4v) is 6.14. The summed E-state index contributed by atoms with van der Waals surface area (Å²) in [5.41, 5.74) is 2.78. The normalized spacial score (nSPS) is 17.2. The Morgan fingerprint density at radius 1 is 1.16 bits per heavy atom. The van der Waals surface area contributed by atoms with Gasteiger partial charge in [-0.05, 0) is 44.0 Å². The molecule has 2 aliphatic heterocycles. The topological polar surface area (TPSA) is 93.8 Å². The number of aryl methyl sites for hydroxylation is 1. The number of nitrogens with zero attached hydrogens (tertiary/aromatic N) is 8. The summed E-state index contributed by atoms with van der Waals surface area (Å²) >= 11 is 5.85. The summed E-state index contributed by atoms with van der Waals surface area (Å²) in [5, 5.41) is 4.97. The number of benzene rings is 1. The Hall–Kier alpha value is -4.16. The number of methoxy groups -OCH3 is 1. The van der Waals surface area contributed by atoms with Gasteiger partial charge in [-0.3, -0.25) is 9.58 Å². The molecule has 232 valence electrons. The molecule has 5 heterocycles. The number of hydrogen-bond acceptors (Lipinski definition) is 9. The number of esters is 1. The number of anilines is 2. The predicted octanol–water partition coefficient (Wildman–Crippen LogP) is 4.77. The molecule has 3 aromatic heterocycles. The summed E-state index contributed by atoms with van der Waals surface area (Å²) in [7, 11) is 3.45. The van der Waals surface area contributed by atoms with Crippen LogP contribution in [0.15, 0.2) is 55.1 Å². The predicted molar refractivity (Wildman–Crippen MR) is 165 cm³/mol. The van der Waals surface area contributed by atoms with E-state index >= 15 is 0 Å². The first kappa shape index (κ1) is 29.9. The Morgan fingerprint density at radius 3 is 2.73 bits per heavy atom. The standard InChI is InChI=1S/C31H36ClFN8O3/c1-4-39-20-34-16-24(39)17-40-29(37(2)27-8-7-26(31(42)43-3)35-30(27)40)18-38-12-9-23(10-13-38)41-14-11-28(36-41)44-19-21-5-6-22(32)15-25(21)33/h5-8,11,14-16,20,23,29H,4,9-10,12-13,17-19H2,1-3H3. The van der Waals surface area contributed by atoms with Crippen LogP contribution in [0.1, 0.15) is 47.6 Å². The third-order valence-corrected chi connectivity index (χ3v) is 8.74. The summed E-state index contributed by atoms with van der Waals surface area (Å²) in [6.07, 6.45) is 7.55. The van der Waals surface area contributed by atoms with Crippen LogP contribution in [-0.4, -0.2) is 75.1 Å². The number of piperidine rings is 1. The van der Waals surface area contributed by atoms with Crippen molar-refractivity contribution in [2.45, 2.75) is 51.7 Å². The van der Waals surface area contributed by atoms with Gasteiger partial charge in [0.2, 0.25) is 5.88 Å². The van der Waals surface area contributed by atoms with Gasteiger partial charge in [0.15, 0.2) is 11.5 Å². The number of likely N-dealkylation sites (N-methyl/N-ethyl adjacent to an activating group) is 1. The first-order valence-electron chi connectivity index (χ1n) is 14.8. The molecule has 0 saturated carbocycles. The van der Waals surface area contributed by atoms with Crippen molar-refractivity contribution in [1.82, 2.24) is 29.2 Å². The lowest BCUT2D eigenvalue weighted by molar-refractivity contribution is 0.0594. The SMILES string of the molecule is CCn1cncc1CN1c2nc(C(=O)OC)ccc2N(C)C1CN1CCC(n2ccc(OCc3ccc(Cl)cc3F)n2)CC1. The van der Waals surface area contributed by atoms with Crippen molar-refractivity contribution < 1.29 is 18.7 Å². The summed E-state index contributed by atoms with van der Waals surface area (Å²) in [5.74, 6) is 0.382. The van der Waals surface area contributed by atoms with E-state index in [0.29, 0.717) is 23.0 Å². The number of likely N-dealkylation sites (tertiary alicyclic amines) is 1. The molecular formula is C31H36ClFN8O3. The number of rotatable bonds is 10. The maximum Gasteiger partial charge on any atom is 0.356 e. The van der Waals surface area contributed by atoms with E-state index in [2.05, 4.69) is 43.3 Å². The molecule has 1 atom stereocenters. The fraction of sp³-hybridized carbons (Fsp3) is 0.419. The summed E-state index contributed by atoms with van der Waals surface area (Å²) in [6, 6.07) is 10.3.